The number of thioether (sulfide) groups is 1. The average Bonchev–Trinajstić information content (AvgIpc) is 2.02. The molecule has 0 bridgehead atoms. The zero-order valence-electron chi connectivity index (χ0n) is 7.08. The molecule has 2 amide bonds. The molecule has 68 valence electrons. The van der Waals surface area contributed by atoms with Gasteiger partial charge >= 0.3 is 6.09 Å². The van der Waals surface area contributed by atoms with Gasteiger partial charge in [-0.1, -0.05) is 11.8 Å². The second-order valence-electron chi connectivity index (χ2n) is 1.76. The monoisotopic (exact) mass is 190 g/mol. The van der Waals surface area contributed by atoms with Crippen molar-refractivity contribution in [3.8, 4) is 0 Å². The Morgan fingerprint density at radius 3 is 2.42 bits per heavy atom. The van der Waals surface area contributed by atoms with Crippen molar-refractivity contribution in [3.63, 3.8) is 0 Å². The molecule has 0 aromatic rings. The van der Waals surface area contributed by atoms with Crippen LogP contribution in [0.1, 0.15) is 6.92 Å². The van der Waals surface area contributed by atoms with Gasteiger partial charge in [-0.2, -0.15) is 4.99 Å². The number of amides is 2. The van der Waals surface area contributed by atoms with Gasteiger partial charge < -0.3 is 4.74 Å². The molecule has 0 atom stereocenters. The number of nitrogens with one attached hydrogen (secondary N) is 1. The van der Waals surface area contributed by atoms with Crippen LogP contribution in [0.15, 0.2) is 4.99 Å². The highest BCUT2D eigenvalue weighted by atomic mass is 32.2. The van der Waals surface area contributed by atoms with E-state index in [1.807, 2.05) is 0 Å². The Kier molecular flexibility index (Phi) is 5.11. The Morgan fingerprint density at radius 2 is 2.08 bits per heavy atom. The molecule has 0 saturated heterocycles. The first kappa shape index (κ1) is 11.0. The number of hydrogen-bond donors (Lipinski definition) is 1. The summed E-state index contributed by atoms with van der Waals surface area (Å²) in [6.45, 7) is 1.30. The molecule has 0 aliphatic carbocycles. The number of rotatable bonds is 0. The van der Waals surface area contributed by atoms with Gasteiger partial charge in [-0.3, -0.25) is 10.1 Å². The normalized spacial score (nSPS) is 10.8. The minimum atomic E-state index is -0.635. The molecule has 6 heteroatoms. The van der Waals surface area contributed by atoms with E-state index in [1.54, 1.807) is 6.26 Å². The van der Waals surface area contributed by atoms with Crippen molar-refractivity contribution in [2.75, 3.05) is 13.4 Å². The van der Waals surface area contributed by atoms with E-state index in [-0.39, 0.29) is 11.1 Å². The fourth-order valence-electron chi connectivity index (χ4n) is 0.406. The Hall–Kier alpha value is -1.04. The molecule has 0 fully saturated rings. The minimum Gasteiger partial charge on any atom is -0.453 e. The van der Waals surface area contributed by atoms with Gasteiger partial charge in [-0.25, -0.2) is 4.79 Å². The molecule has 1 N–H and O–H groups in total. The molecule has 0 spiro atoms. The van der Waals surface area contributed by atoms with E-state index >= 15 is 0 Å². The van der Waals surface area contributed by atoms with Crippen molar-refractivity contribution in [1.82, 2.24) is 5.32 Å². The van der Waals surface area contributed by atoms with E-state index in [1.165, 1.54) is 14.0 Å². The third kappa shape index (κ3) is 4.73. The molecule has 0 unspecified atom stereocenters. The number of carbonyl (C=O) groups excluding carboxylic acids is 2. The third-order valence-corrected chi connectivity index (χ3v) is 1.43. The highest BCUT2D eigenvalue weighted by molar-refractivity contribution is 8.13. The molecule has 0 aromatic heterocycles. The molecule has 0 aliphatic heterocycles. The first-order chi connectivity index (χ1) is 5.60. The predicted molar refractivity (Wildman–Crippen MR) is 47.2 cm³/mol. The maximum atomic E-state index is 10.6. The van der Waals surface area contributed by atoms with Gasteiger partial charge in [-0.05, 0) is 6.26 Å². The standard InChI is InChI=1S/C6H10N2O3S/c1-4(9)7-5(12-3)8-6(10)11-2/h1-3H3,(H,7,8,9,10). The maximum Gasteiger partial charge on any atom is 0.412 e. The number of nitrogens with zero attached hydrogens (tertiary/aromatic N) is 1. The Labute approximate surface area is 74.6 Å². The lowest BCUT2D eigenvalue weighted by Crippen LogP contribution is -2.28. The van der Waals surface area contributed by atoms with Gasteiger partial charge in [0.25, 0.3) is 0 Å². The molecule has 0 rings (SSSR count). The minimum absolute atomic E-state index is 0.231. The Bertz CT molecular complexity index is 215. The van der Waals surface area contributed by atoms with Crippen LogP contribution in [0.4, 0.5) is 4.79 Å². The molecule has 5 nitrogen and oxygen atoms in total. The number of amidine groups is 1. The summed E-state index contributed by atoms with van der Waals surface area (Å²) in [6, 6.07) is 0. The maximum absolute atomic E-state index is 10.6. The van der Waals surface area contributed by atoms with Gasteiger partial charge in [0.1, 0.15) is 0 Å². The van der Waals surface area contributed by atoms with Crippen molar-refractivity contribution in [2.24, 2.45) is 4.99 Å². The molecular weight excluding hydrogens is 180 g/mol. The fourth-order valence-corrected chi connectivity index (χ4v) is 0.811. The SMILES string of the molecule is COC(=O)N/C(=N\C(C)=O)SC. The molecule has 0 heterocycles. The van der Waals surface area contributed by atoms with E-state index in [0.717, 1.165) is 11.8 Å². The molecule has 12 heavy (non-hydrogen) atoms. The molecule has 0 aromatic carbocycles. The second kappa shape index (κ2) is 5.59. The number of aliphatic imine (C=N–C) groups is 1. The van der Waals surface area contributed by atoms with E-state index in [0.29, 0.717) is 0 Å². The summed E-state index contributed by atoms with van der Waals surface area (Å²) >= 11 is 1.16. The van der Waals surface area contributed by atoms with Crippen LogP contribution in [0.5, 0.6) is 0 Å². The largest absolute Gasteiger partial charge is 0.453 e. The quantitative estimate of drug-likeness (QED) is 0.449. The first-order valence-corrected chi connectivity index (χ1v) is 4.30. The predicted octanol–water partition coefficient (Wildman–Crippen LogP) is 0.608. The molecule has 0 aliphatic rings. The van der Waals surface area contributed by atoms with Crippen LogP contribution in [-0.2, 0) is 9.53 Å². The topological polar surface area (TPSA) is 67.8 Å². The molecule has 0 radical (unpaired) electrons. The van der Waals surface area contributed by atoms with Crippen LogP contribution >= 0.6 is 11.8 Å². The van der Waals surface area contributed by atoms with E-state index in [9.17, 15) is 9.59 Å². The summed E-state index contributed by atoms with van der Waals surface area (Å²) in [5, 5.41) is 2.51. The zero-order chi connectivity index (χ0) is 9.56. The van der Waals surface area contributed by atoms with Crippen molar-refractivity contribution in [1.29, 1.82) is 0 Å². The fraction of sp³-hybridized carbons (Fsp3) is 0.500. The van der Waals surface area contributed by atoms with Crippen LogP contribution in [-0.4, -0.2) is 30.5 Å². The summed E-state index contributed by atoms with van der Waals surface area (Å²) in [5.74, 6) is -0.365. The summed E-state index contributed by atoms with van der Waals surface area (Å²) < 4.78 is 4.31. The van der Waals surface area contributed by atoms with E-state index in [2.05, 4.69) is 15.0 Å². The number of carbonyl (C=O) groups is 2. The zero-order valence-corrected chi connectivity index (χ0v) is 7.90. The van der Waals surface area contributed by atoms with Gasteiger partial charge in [0.05, 0.1) is 7.11 Å². The number of methoxy groups -OCH3 is 1. The number of ether oxygens (including phenoxy) is 1. The van der Waals surface area contributed by atoms with Crippen molar-refractivity contribution < 1.29 is 14.3 Å². The van der Waals surface area contributed by atoms with E-state index in [4.69, 9.17) is 0 Å². The number of hydrogen-bond acceptors (Lipinski definition) is 4. The second-order valence-corrected chi connectivity index (χ2v) is 2.55. The van der Waals surface area contributed by atoms with Crippen molar-refractivity contribution in [3.05, 3.63) is 0 Å². The van der Waals surface area contributed by atoms with Gasteiger partial charge in [0.15, 0.2) is 5.17 Å². The van der Waals surface area contributed by atoms with E-state index < -0.39 is 6.09 Å². The number of alkyl carbamates (subject to hydrolysis) is 1. The lowest BCUT2D eigenvalue weighted by molar-refractivity contribution is -0.115. The summed E-state index contributed by atoms with van der Waals surface area (Å²) in [6.07, 6.45) is 1.06. The van der Waals surface area contributed by atoms with Gasteiger partial charge in [0.2, 0.25) is 5.91 Å². The average molecular weight is 190 g/mol. The first-order valence-electron chi connectivity index (χ1n) is 3.08. The van der Waals surface area contributed by atoms with Gasteiger partial charge in [-0.15, -0.1) is 0 Å². The van der Waals surface area contributed by atoms with Crippen LogP contribution < -0.4 is 5.32 Å². The Morgan fingerprint density at radius 1 is 1.50 bits per heavy atom. The third-order valence-electron chi connectivity index (χ3n) is 0.847. The lowest BCUT2D eigenvalue weighted by atomic mass is 10.7. The Balaban J connectivity index is 4.17. The summed E-state index contributed by atoms with van der Waals surface area (Å²) in [7, 11) is 1.24. The highest BCUT2D eigenvalue weighted by Gasteiger charge is 2.04. The van der Waals surface area contributed by atoms with Crippen molar-refractivity contribution >= 4 is 28.9 Å². The summed E-state index contributed by atoms with van der Waals surface area (Å²) in [5.41, 5.74) is 0. The van der Waals surface area contributed by atoms with Gasteiger partial charge in [0, 0.05) is 6.92 Å². The molecular formula is C6H10N2O3S. The smallest absolute Gasteiger partial charge is 0.412 e. The van der Waals surface area contributed by atoms with Crippen LogP contribution in [0.2, 0.25) is 0 Å². The van der Waals surface area contributed by atoms with Crippen LogP contribution in [0, 0.1) is 0 Å². The van der Waals surface area contributed by atoms with Crippen molar-refractivity contribution in [2.45, 2.75) is 6.92 Å². The van der Waals surface area contributed by atoms with Crippen LogP contribution in [0.25, 0.3) is 0 Å². The lowest BCUT2D eigenvalue weighted by Gasteiger charge is -2.02. The highest BCUT2D eigenvalue weighted by Crippen LogP contribution is 1.95. The molecule has 0 saturated carbocycles. The summed E-state index contributed by atoms with van der Waals surface area (Å²) in [4.78, 5) is 24.6. The van der Waals surface area contributed by atoms with Crippen LogP contribution in [0.3, 0.4) is 0 Å².